The molecule has 18 heavy (non-hydrogen) atoms. The van der Waals surface area contributed by atoms with E-state index in [-0.39, 0.29) is 0 Å². The van der Waals surface area contributed by atoms with Crippen molar-refractivity contribution in [1.82, 2.24) is 15.2 Å². The highest BCUT2D eigenvalue weighted by Gasteiger charge is 2.21. The first-order chi connectivity index (χ1) is 8.76. The van der Waals surface area contributed by atoms with Crippen LogP contribution in [0.3, 0.4) is 0 Å². The van der Waals surface area contributed by atoms with Gasteiger partial charge in [0, 0.05) is 44.5 Å². The third kappa shape index (κ3) is 2.73. The lowest BCUT2D eigenvalue weighted by molar-refractivity contribution is 0.161. The number of piperazine rings is 1. The minimum atomic E-state index is 0.511. The molecule has 1 unspecified atom stereocenters. The Kier molecular flexibility index (Phi) is 4.38. The first-order valence-electron chi connectivity index (χ1n) is 6.27. The van der Waals surface area contributed by atoms with E-state index in [1.54, 1.807) is 20.4 Å². The third-order valence-corrected chi connectivity index (χ3v) is 3.36. The predicted octanol–water partition coefficient (Wildman–Crippen LogP) is 0.892. The van der Waals surface area contributed by atoms with Crippen molar-refractivity contribution in [3.63, 3.8) is 0 Å². The van der Waals surface area contributed by atoms with Gasteiger partial charge in [0.25, 0.3) is 0 Å². The molecule has 5 nitrogen and oxygen atoms in total. The fourth-order valence-corrected chi connectivity index (χ4v) is 2.27. The van der Waals surface area contributed by atoms with Crippen molar-refractivity contribution in [2.24, 2.45) is 0 Å². The maximum Gasteiger partial charge on any atom is 0.183 e. The van der Waals surface area contributed by atoms with Crippen LogP contribution in [0, 0.1) is 0 Å². The molecule has 0 saturated carbocycles. The van der Waals surface area contributed by atoms with Gasteiger partial charge in [-0.25, -0.2) is 0 Å². The largest absolute Gasteiger partial charge is 0.493 e. The first kappa shape index (κ1) is 13.1. The van der Waals surface area contributed by atoms with Crippen LogP contribution in [0.1, 0.15) is 12.6 Å². The highest BCUT2D eigenvalue weighted by atomic mass is 16.5. The summed E-state index contributed by atoms with van der Waals surface area (Å²) in [4.78, 5) is 6.82. The molecule has 1 N–H and O–H groups in total. The van der Waals surface area contributed by atoms with Crippen molar-refractivity contribution in [3.8, 4) is 11.5 Å². The molecule has 0 amide bonds. The Morgan fingerprint density at radius 1 is 1.44 bits per heavy atom. The number of rotatable bonds is 4. The smallest absolute Gasteiger partial charge is 0.183 e. The lowest BCUT2D eigenvalue weighted by Crippen LogP contribution is -2.49. The van der Waals surface area contributed by atoms with Crippen LogP contribution in [-0.4, -0.2) is 49.8 Å². The van der Waals surface area contributed by atoms with Gasteiger partial charge in [0.2, 0.25) is 0 Å². The minimum Gasteiger partial charge on any atom is -0.493 e. The SMILES string of the molecule is COc1ccnc(CN2CCNCC2C)c1OC. The van der Waals surface area contributed by atoms with Gasteiger partial charge in [0.15, 0.2) is 11.5 Å². The molecule has 0 aromatic carbocycles. The number of hydrogen-bond donors (Lipinski definition) is 1. The number of nitrogens with zero attached hydrogens (tertiary/aromatic N) is 2. The van der Waals surface area contributed by atoms with Gasteiger partial charge in [0.05, 0.1) is 14.2 Å². The summed E-state index contributed by atoms with van der Waals surface area (Å²) in [5.74, 6) is 1.48. The first-order valence-corrected chi connectivity index (χ1v) is 6.27. The highest BCUT2D eigenvalue weighted by Crippen LogP contribution is 2.30. The molecule has 0 radical (unpaired) electrons. The fourth-order valence-electron chi connectivity index (χ4n) is 2.27. The van der Waals surface area contributed by atoms with Gasteiger partial charge in [-0.05, 0) is 6.92 Å². The van der Waals surface area contributed by atoms with Crippen LogP contribution in [0.15, 0.2) is 12.3 Å². The number of methoxy groups -OCH3 is 2. The average Bonchev–Trinajstić information content (AvgIpc) is 2.41. The van der Waals surface area contributed by atoms with E-state index in [1.807, 2.05) is 6.07 Å². The minimum absolute atomic E-state index is 0.511. The standard InChI is InChI=1S/C13H21N3O2/c1-10-8-14-6-7-16(10)9-11-13(18-3)12(17-2)4-5-15-11/h4-5,10,14H,6-9H2,1-3H3. The molecule has 0 aliphatic carbocycles. The van der Waals surface area contributed by atoms with Crippen LogP contribution in [-0.2, 0) is 6.54 Å². The van der Waals surface area contributed by atoms with Crippen LogP contribution in [0.4, 0.5) is 0 Å². The molecule has 2 heterocycles. The van der Waals surface area contributed by atoms with Gasteiger partial charge in [-0.15, -0.1) is 0 Å². The Bertz CT molecular complexity index is 398. The Morgan fingerprint density at radius 2 is 2.28 bits per heavy atom. The summed E-state index contributed by atoms with van der Waals surface area (Å²) in [7, 11) is 3.30. The number of nitrogens with one attached hydrogen (secondary N) is 1. The quantitative estimate of drug-likeness (QED) is 0.861. The Labute approximate surface area is 108 Å². The maximum absolute atomic E-state index is 5.41. The highest BCUT2D eigenvalue weighted by molar-refractivity contribution is 5.42. The van der Waals surface area contributed by atoms with Crippen LogP contribution >= 0.6 is 0 Å². The molecular weight excluding hydrogens is 230 g/mol. The van der Waals surface area contributed by atoms with Crippen LogP contribution in [0.2, 0.25) is 0 Å². The van der Waals surface area contributed by atoms with E-state index in [0.717, 1.165) is 43.4 Å². The number of hydrogen-bond acceptors (Lipinski definition) is 5. The zero-order valence-electron chi connectivity index (χ0n) is 11.3. The van der Waals surface area contributed by atoms with Gasteiger partial charge in [-0.1, -0.05) is 0 Å². The predicted molar refractivity (Wildman–Crippen MR) is 70.1 cm³/mol. The number of aromatic nitrogens is 1. The molecule has 1 aliphatic heterocycles. The van der Waals surface area contributed by atoms with E-state index in [4.69, 9.17) is 9.47 Å². The normalized spacial score (nSPS) is 20.7. The summed E-state index contributed by atoms with van der Waals surface area (Å²) < 4.78 is 10.7. The van der Waals surface area contributed by atoms with Gasteiger partial charge in [0.1, 0.15) is 5.69 Å². The molecule has 1 aromatic rings. The van der Waals surface area contributed by atoms with E-state index in [9.17, 15) is 0 Å². The van der Waals surface area contributed by atoms with Crippen LogP contribution in [0.5, 0.6) is 11.5 Å². The summed E-state index contributed by atoms with van der Waals surface area (Å²) in [6.07, 6.45) is 1.77. The van der Waals surface area contributed by atoms with E-state index >= 15 is 0 Å². The van der Waals surface area contributed by atoms with Crippen molar-refractivity contribution in [2.75, 3.05) is 33.9 Å². The third-order valence-electron chi connectivity index (χ3n) is 3.36. The zero-order chi connectivity index (χ0) is 13.0. The average molecular weight is 251 g/mol. The molecule has 1 fully saturated rings. The molecule has 1 aliphatic rings. The Morgan fingerprint density at radius 3 is 2.94 bits per heavy atom. The van der Waals surface area contributed by atoms with Crippen molar-refractivity contribution in [2.45, 2.75) is 19.5 Å². The van der Waals surface area contributed by atoms with Crippen LogP contribution in [0.25, 0.3) is 0 Å². The number of ether oxygens (including phenoxy) is 2. The van der Waals surface area contributed by atoms with Crippen molar-refractivity contribution in [3.05, 3.63) is 18.0 Å². The summed E-state index contributed by atoms with van der Waals surface area (Å²) in [6.45, 7) is 6.09. The van der Waals surface area contributed by atoms with Crippen molar-refractivity contribution < 1.29 is 9.47 Å². The van der Waals surface area contributed by atoms with E-state index in [1.165, 1.54) is 0 Å². The van der Waals surface area contributed by atoms with Crippen molar-refractivity contribution >= 4 is 0 Å². The second-order valence-electron chi connectivity index (χ2n) is 4.52. The van der Waals surface area contributed by atoms with E-state index < -0.39 is 0 Å². The maximum atomic E-state index is 5.41. The zero-order valence-corrected chi connectivity index (χ0v) is 11.3. The van der Waals surface area contributed by atoms with Crippen molar-refractivity contribution in [1.29, 1.82) is 0 Å². The molecule has 5 heteroatoms. The molecule has 0 bridgehead atoms. The second-order valence-corrected chi connectivity index (χ2v) is 4.52. The lowest BCUT2D eigenvalue weighted by Gasteiger charge is -2.33. The molecule has 0 spiro atoms. The van der Waals surface area contributed by atoms with E-state index in [2.05, 4.69) is 22.1 Å². The molecule has 2 rings (SSSR count). The molecule has 1 aromatic heterocycles. The number of pyridine rings is 1. The Hall–Kier alpha value is -1.33. The summed E-state index contributed by atoms with van der Waals surface area (Å²) in [5, 5.41) is 3.38. The van der Waals surface area contributed by atoms with Gasteiger partial charge in [-0.3, -0.25) is 9.88 Å². The van der Waals surface area contributed by atoms with Crippen LogP contribution < -0.4 is 14.8 Å². The fraction of sp³-hybridized carbons (Fsp3) is 0.615. The molecule has 100 valence electrons. The summed E-state index contributed by atoms with van der Waals surface area (Å²) in [6, 6.07) is 2.33. The molecule has 1 saturated heterocycles. The summed E-state index contributed by atoms with van der Waals surface area (Å²) >= 11 is 0. The van der Waals surface area contributed by atoms with Gasteiger partial charge >= 0.3 is 0 Å². The van der Waals surface area contributed by atoms with E-state index in [0.29, 0.717) is 6.04 Å². The van der Waals surface area contributed by atoms with Gasteiger partial charge in [-0.2, -0.15) is 0 Å². The Balaban J connectivity index is 2.17. The lowest BCUT2D eigenvalue weighted by atomic mass is 10.2. The topological polar surface area (TPSA) is 46.6 Å². The van der Waals surface area contributed by atoms with Gasteiger partial charge < -0.3 is 14.8 Å². The summed E-state index contributed by atoms with van der Waals surface area (Å²) in [5.41, 5.74) is 0.936. The molecular formula is C13H21N3O2. The molecule has 1 atom stereocenters. The second kappa shape index (κ2) is 6.02. The monoisotopic (exact) mass is 251 g/mol.